The number of nitrogens with zero attached hydrogens (tertiary/aromatic N) is 2. The van der Waals surface area contributed by atoms with E-state index in [0.29, 0.717) is 17.5 Å². The Labute approximate surface area is 128 Å². The Hall–Kier alpha value is -2.53. The summed E-state index contributed by atoms with van der Waals surface area (Å²) in [5.41, 5.74) is 0. The number of esters is 1. The van der Waals surface area contributed by atoms with Gasteiger partial charge in [-0.3, -0.25) is 20.2 Å². The van der Waals surface area contributed by atoms with Gasteiger partial charge in [-0.05, 0) is 17.4 Å². The second-order valence-electron chi connectivity index (χ2n) is 3.97. The van der Waals surface area contributed by atoms with Gasteiger partial charge in [0, 0.05) is 0 Å². The fourth-order valence-electron chi connectivity index (χ4n) is 1.53. The van der Waals surface area contributed by atoms with Crippen LogP contribution in [0.2, 0.25) is 0 Å². The monoisotopic (exact) mass is 328 g/mol. The number of carbonyl (C=O) groups is 1. The molecule has 22 heavy (non-hydrogen) atoms. The lowest BCUT2D eigenvalue weighted by Crippen LogP contribution is -2.26. The van der Waals surface area contributed by atoms with Gasteiger partial charge < -0.3 is 14.5 Å². The first kappa shape index (κ1) is 15.9. The maximum atomic E-state index is 11.2. The molecule has 0 fully saturated rings. The second-order valence-corrected chi connectivity index (χ2v) is 5.22. The molecule has 0 aromatic carbocycles. The second kappa shape index (κ2) is 6.95. The van der Waals surface area contributed by atoms with Crippen molar-refractivity contribution in [3.8, 4) is 0 Å². The van der Waals surface area contributed by atoms with E-state index in [4.69, 9.17) is 14.3 Å². The highest BCUT2D eigenvalue weighted by Crippen LogP contribution is 2.20. The van der Waals surface area contributed by atoms with Gasteiger partial charge in [-0.15, -0.1) is 5.14 Å². The lowest BCUT2D eigenvalue weighted by atomic mass is 10.4. The molecule has 118 valence electrons. The van der Waals surface area contributed by atoms with Crippen molar-refractivity contribution in [3.63, 3.8) is 0 Å². The van der Waals surface area contributed by atoms with E-state index in [1.807, 2.05) is 0 Å². The van der Waals surface area contributed by atoms with Gasteiger partial charge >= 0.3 is 11.9 Å². The summed E-state index contributed by atoms with van der Waals surface area (Å²) in [6.07, 6.45) is 1.51. The van der Waals surface area contributed by atoms with Gasteiger partial charge in [0.1, 0.15) is 11.5 Å². The van der Waals surface area contributed by atoms with Crippen molar-refractivity contribution in [3.05, 3.63) is 39.2 Å². The normalized spacial score (nSPS) is 18.7. The third-order valence-corrected chi connectivity index (χ3v) is 3.50. The predicted octanol–water partition coefficient (Wildman–Crippen LogP) is -0.104. The predicted molar refractivity (Wildman–Crippen MR) is 79.3 cm³/mol. The van der Waals surface area contributed by atoms with Crippen molar-refractivity contribution in [2.45, 2.75) is 6.92 Å². The Balaban J connectivity index is 1.96. The first-order chi connectivity index (χ1) is 10.5. The number of nitro groups is 1. The summed E-state index contributed by atoms with van der Waals surface area (Å²) in [7, 11) is 0. The van der Waals surface area contributed by atoms with Crippen molar-refractivity contribution in [2.75, 3.05) is 13.2 Å². The Bertz CT molecular complexity index is 641. The topological polar surface area (TPSA) is 145 Å². The molecule has 0 aliphatic carbocycles. The van der Waals surface area contributed by atoms with Crippen LogP contribution in [0.15, 0.2) is 32.2 Å². The van der Waals surface area contributed by atoms with Crippen LogP contribution in [0.3, 0.4) is 0 Å². The molecule has 1 atom stereocenters. The fourth-order valence-corrected chi connectivity index (χ4v) is 2.37. The van der Waals surface area contributed by atoms with Gasteiger partial charge in [0.2, 0.25) is 5.84 Å². The first-order valence-electron chi connectivity index (χ1n) is 6.19. The van der Waals surface area contributed by atoms with E-state index in [1.54, 1.807) is 6.92 Å². The molecular weight excluding hydrogens is 314 g/mol. The van der Waals surface area contributed by atoms with Crippen molar-refractivity contribution in [2.24, 2.45) is 9.54 Å². The molecular formula is C11H14N5O5S+. The zero-order valence-electron chi connectivity index (χ0n) is 11.6. The number of furan rings is 1. The minimum Gasteiger partial charge on any atom is -0.465 e. The number of ether oxygens (including phenoxy) is 1. The zero-order chi connectivity index (χ0) is 16.1. The smallest absolute Gasteiger partial charge is 0.433 e. The molecule has 0 amide bonds. The molecule has 0 saturated carbocycles. The zero-order valence-corrected chi connectivity index (χ0v) is 12.4. The summed E-state index contributed by atoms with van der Waals surface area (Å²) in [6, 6.07) is 2.66. The minimum absolute atomic E-state index is 0.00221. The van der Waals surface area contributed by atoms with Crippen molar-refractivity contribution in [1.29, 1.82) is 0 Å². The Morgan fingerprint density at radius 2 is 2.45 bits per heavy atom. The van der Waals surface area contributed by atoms with Crippen LogP contribution in [0.25, 0.3) is 0 Å². The highest BCUT2D eigenvalue weighted by Gasteiger charge is 2.34. The fraction of sp³-hybridized carbons (Fsp3) is 0.273. The van der Waals surface area contributed by atoms with Crippen LogP contribution in [0, 0.1) is 10.1 Å². The molecule has 0 radical (unpaired) electrons. The summed E-state index contributed by atoms with van der Waals surface area (Å²) < 4.78 is 13.9. The highest BCUT2D eigenvalue weighted by atomic mass is 32.2. The van der Waals surface area contributed by atoms with Gasteiger partial charge in [-0.1, -0.05) is 0 Å². The maximum absolute atomic E-state index is 11.2. The van der Waals surface area contributed by atoms with Gasteiger partial charge in [0.05, 0.1) is 18.9 Å². The van der Waals surface area contributed by atoms with Crippen LogP contribution in [-0.2, 0) is 20.8 Å². The minimum atomic E-state index is -0.968. The quantitative estimate of drug-likeness (QED) is 0.284. The third kappa shape index (κ3) is 3.77. The number of rotatable bonds is 6. The molecule has 11 heteroatoms. The Morgan fingerprint density at radius 1 is 1.68 bits per heavy atom. The van der Waals surface area contributed by atoms with Crippen LogP contribution in [0.1, 0.15) is 12.7 Å². The highest BCUT2D eigenvalue weighted by molar-refractivity contribution is 7.97. The lowest BCUT2D eigenvalue weighted by Gasteiger charge is -2.01. The number of nitrogens with two attached hydrogens (primary N) is 1. The van der Waals surface area contributed by atoms with Gasteiger partial charge in [0.25, 0.3) is 16.3 Å². The number of amidine groups is 1. The number of carbonyl (C=O) groups excluding carboxylic acids is 1. The molecule has 1 aliphatic heterocycles. The molecule has 1 aliphatic rings. The molecule has 1 unspecified atom stereocenters. The summed E-state index contributed by atoms with van der Waals surface area (Å²) in [4.78, 5) is 21.1. The van der Waals surface area contributed by atoms with Crippen molar-refractivity contribution >= 4 is 29.0 Å². The average molecular weight is 328 g/mol. The number of nitrogens with one attached hydrogen (secondary N) is 2. The summed E-state index contributed by atoms with van der Waals surface area (Å²) in [6.45, 7) is 2.02. The van der Waals surface area contributed by atoms with E-state index in [1.165, 1.54) is 18.3 Å². The van der Waals surface area contributed by atoms with Crippen molar-refractivity contribution in [1.82, 2.24) is 10.6 Å². The van der Waals surface area contributed by atoms with Crippen molar-refractivity contribution < 1.29 is 18.9 Å². The molecule has 0 spiro atoms. The summed E-state index contributed by atoms with van der Waals surface area (Å²) in [5, 5.41) is 22.6. The molecule has 0 bridgehead atoms. The Kier molecular flexibility index (Phi) is 5.01. The van der Waals surface area contributed by atoms with Crippen LogP contribution >= 0.6 is 0 Å². The van der Waals surface area contributed by atoms with E-state index in [9.17, 15) is 14.9 Å². The van der Waals surface area contributed by atoms with E-state index >= 15 is 0 Å². The van der Waals surface area contributed by atoms with Crippen LogP contribution in [-0.4, -0.2) is 29.9 Å². The molecule has 0 saturated heterocycles. The molecule has 2 heterocycles. The van der Waals surface area contributed by atoms with Crippen LogP contribution in [0.4, 0.5) is 5.88 Å². The van der Waals surface area contributed by atoms with Crippen LogP contribution < -0.4 is 15.8 Å². The molecule has 1 aromatic rings. The van der Waals surface area contributed by atoms with Crippen LogP contribution in [0.5, 0.6) is 0 Å². The average Bonchev–Trinajstić information content (AvgIpc) is 3.06. The molecule has 10 nitrogen and oxygen atoms in total. The van der Waals surface area contributed by atoms with Gasteiger partial charge in [0.15, 0.2) is 5.76 Å². The van der Waals surface area contributed by atoms with E-state index in [2.05, 4.69) is 15.0 Å². The lowest BCUT2D eigenvalue weighted by molar-refractivity contribution is -0.402. The molecule has 4 N–H and O–H groups in total. The molecule has 1 aromatic heterocycles. The third-order valence-electron chi connectivity index (χ3n) is 2.45. The van der Waals surface area contributed by atoms with E-state index < -0.39 is 22.2 Å². The standard InChI is InChI=1S/C11H13N5O5S/c1-2-20-10(17)6-13-5-8-14-11(15-22(8)12)7-3-4-9(21-7)16(18)19/h3-5,13H,2,6H2,1H3,(H2,12,14,15)/p+1. The SMILES string of the molecule is CCOC(=O)CNC=C1NC(c2ccc([N+](=O)[O-])o2)=N[S+]1N. The Morgan fingerprint density at radius 3 is 3.09 bits per heavy atom. The largest absolute Gasteiger partial charge is 0.465 e. The van der Waals surface area contributed by atoms with E-state index in [0.717, 1.165) is 0 Å². The van der Waals surface area contributed by atoms with E-state index in [-0.39, 0.29) is 18.2 Å². The maximum Gasteiger partial charge on any atom is 0.433 e. The molecule has 2 rings (SSSR count). The first-order valence-corrected chi connectivity index (χ1v) is 7.44. The van der Waals surface area contributed by atoms with Gasteiger partial charge in [-0.2, -0.15) is 0 Å². The summed E-state index contributed by atoms with van der Waals surface area (Å²) in [5.74, 6) is -0.266. The summed E-state index contributed by atoms with van der Waals surface area (Å²) >= 11 is -0.968. The number of hydrogen-bond donors (Lipinski definition) is 3. The number of hydrogen-bond acceptors (Lipinski definition) is 9. The van der Waals surface area contributed by atoms with Gasteiger partial charge in [-0.25, -0.2) is 0 Å².